The van der Waals surface area contributed by atoms with Crippen molar-refractivity contribution in [3.63, 3.8) is 0 Å². The molecule has 0 spiro atoms. The van der Waals surface area contributed by atoms with E-state index < -0.39 is 44.0 Å². The molecule has 6 unspecified atom stereocenters. The van der Waals surface area contributed by atoms with E-state index in [0.29, 0.717) is 47.5 Å². The highest BCUT2D eigenvalue weighted by atomic mass is 31.2. The number of ether oxygens (including phenoxy) is 1. The lowest BCUT2D eigenvalue weighted by Gasteiger charge is -2.58. The third kappa shape index (κ3) is 14.7. The molecular formula is C52H95NO9P+. The van der Waals surface area contributed by atoms with Gasteiger partial charge < -0.3 is 24.3 Å². The first-order valence-electron chi connectivity index (χ1n) is 25.9. The van der Waals surface area contributed by atoms with Crippen LogP contribution in [0.3, 0.4) is 0 Å². The number of aliphatic carboxylic acids is 1. The predicted molar refractivity (Wildman–Crippen MR) is 254 cm³/mol. The first-order chi connectivity index (χ1) is 29.7. The molecule has 3 saturated carbocycles. The summed E-state index contributed by atoms with van der Waals surface area (Å²) in [5.41, 5.74) is -1.20. The van der Waals surface area contributed by atoms with Gasteiger partial charge in [-0.15, -0.1) is 0 Å². The lowest BCUT2D eigenvalue weighted by molar-refractivity contribution is -0.870. The van der Waals surface area contributed by atoms with E-state index in [1.807, 2.05) is 21.1 Å². The molecule has 4 aliphatic rings. The number of carbonyl (C=O) groups excluding carboxylic acids is 1. The largest absolute Gasteiger partial charge is 0.479 e. The van der Waals surface area contributed by atoms with Gasteiger partial charge in [-0.1, -0.05) is 150 Å². The molecule has 4 rings (SSSR count). The summed E-state index contributed by atoms with van der Waals surface area (Å²) >= 11 is 0. The number of unbranched alkanes of at least 4 members (excludes halogenated alkanes) is 12. The third-order valence-electron chi connectivity index (χ3n) is 16.8. The number of rotatable bonds is 31. The number of aliphatic hydroxyl groups excluding tert-OH is 1. The maximum absolute atomic E-state index is 14.3. The molecule has 0 heterocycles. The van der Waals surface area contributed by atoms with E-state index in [-0.39, 0.29) is 18.4 Å². The van der Waals surface area contributed by atoms with Crippen LogP contribution >= 0.6 is 7.82 Å². The molecule has 11 heteroatoms. The molecule has 63 heavy (non-hydrogen) atoms. The van der Waals surface area contributed by atoms with Gasteiger partial charge in [-0.25, -0.2) is 9.36 Å². The van der Waals surface area contributed by atoms with Gasteiger partial charge in [0, 0.05) is 6.42 Å². The van der Waals surface area contributed by atoms with Crippen LogP contribution in [0.15, 0.2) is 11.6 Å². The number of nitrogens with zero attached hydrogens (tertiary/aromatic N) is 1. The second-order valence-electron chi connectivity index (χ2n) is 22.8. The molecule has 0 amide bonds. The minimum absolute atomic E-state index is 0.00441. The van der Waals surface area contributed by atoms with Gasteiger partial charge in [-0.3, -0.25) is 13.8 Å². The summed E-state index contributed by atoms with van der Waals surface area (Å²) in [5.74, 6) is 1.63. The van der Waals surface area contributed by atoms with Crippen LogP contribution in [0, 0.1) is 46.3 Å². The maximum Gasteiger partial charge on any atom is 0.474 e. The molecule has 4 aliphatic carbocycles. The van der Waals surface area contributed by atoms with Crippen LogP contribution in [0.5, 0.6) is 0 Å². The third-order valence-corrected chi connectivity index (χ3v) is 17.8. The van der Waals surface area contributed by atoms with Crippen LogP contribution in [0.25, 0.3) is 0 Å². The zero-order chi connectivity index (χ0) is 46.5. The lowest BCUT2D eigenvalue weighted by atomic mass is 9.47. The zero-order valence-corrected chi connectivity index (χ0v) is 42.6. The number of hydrogen-bond acceptors (Lipinski definition) is 7. The quantitative estimate of drug-likeness (QED) is 0.0204. The molecule has 11 atom stereocenters. The van der Waals surface area contributed by atoms with Crippen molar-refractivity contribution in [2.45, 2.75) is 220 Å². The van der Waals surface area contributed by atoms with Gasteiger partial charge in [0.25, 0.3) is 5.60 Å². The number of phosphoric acid groups is 1. The van der Waals surface area contributed by atoms with Crippen molar-refractivity contribution >= 4 is 19.6 Å². The van der Waals surface area contributed by atoms with Crippen LogP contribution in [-0.4, -0.2) is 90.1 Å². The van der Waals surface area contributed by atoms with E-state index in [9.17, 15) is 29.3 Å². The van der Waals surface area contributed by atoms with Gasteiger partial charge in [0.1, 0.15) is 19.3 Å². The Hall–Kier alpha value is -1.13. The monoisotopic (exact) mass is 909 g/mol. The molecule has 0 aromatic heterocycles. The van der Waals surface area contributed by atoms with E-state index in [2.05, 4.69) is 47.6 Å². The number of hydrogen-bond donors (Lipinski definition) is 3. The van der Waals surface area contributed by atoms with Gasteiger partial charge in [0.2, 0.25) is 0 Å². The lowest BCUT2D eigenvalue weighted by Crippen LogP contribution is -2.60. The minimum Gasteiger partial charge on any atom is -0.479 e. The molecule has 0 radical (unpaired) electrons. The summed E-state index contributed by atoms with van der Waals surface area (Å²) in [5, 5.41) is 21.8. The number of carbonyl (C=O) groups is 2. The van der Waals surface area contributed by atoms with Crippen LogP contribution in [0.2, 0.25) is 0 Å². The Balaban J connectivity index is 1.43. The summed E-state index contributed by atoms with van der Waals surface area (Å²) in [7, 11) is 0.585. The highest BCUT2D eigenvalue weighted by molar-refractivity contribution is 7.47. The summed E-state index contributed by atoms with van der Waals surface area (Å²) < 4.78 is 31.4. The van der Waals surface area contributed by atoms with Gasteiger partial charge in [0.05, 0.1) is 33.9 Å². The molecule has 10 nitrogen and oxygen atoms in total. The Morgan fingerprint density at radius 2 is 1.48 bits per heavy atom. The molecule has 3 N–H and O–H groups in total. The van der Waals surface area contributed by atoms with Crippen LogP contribution in [-0.2, 0) is 27.9 Å². The number of quaternary nitrogens is 1. The molecule has 0 bridgehead atoms. The number of carboxylic acids is 1. The standard InChI is InChI=1S/C52H94NO9P/c1-10-11-12-13-14-15-16-17-18-19-20-21-22-26-47(55)52(49(56)57,62-63(58,59)60-36-35-53(7,8)9)48(38-54)61-42-31-33-50(5)41(37-42)27-28-43-45-30-29-44(40(4)25-23-24-39(2)3)51(45,6)34-32-46(43)50/h27,39-40,42-46,48,54H,10-26,28-38H2,1-9H3,(H-,56,57,58,59)/p+1/t40-,42?,43?,44-,45?,46?,48+,50+,51-,52?/m1/s1. The van der Waals surface area contributed by atoms with Crippen molar-refractivity contribution in [1.29, 1.82) is 0 Å². The normalized spacial score (nSPS) is 30.1. The molecule has 366 valence electrons. The van der Waals surface area contributed by atoms with Gasteiger partial charge in [-0.05, 0) is 104 Å². The number of aliphatic hydroxyl groups is 1. The second kappa shape index (κ2) is 24.8. The van der Waals surface area contributed by atoms with E-state index in [1.54, 1.807) is 0 Å². The van der Waals surface area contributed by atoms with Crippen molar-refractivity contribution in [2.75, 3.05) is 40.9 Å². The highest BCUT2D eigenvalue weighted by Gasteiger charge is 2.61. The molecule has 0 aliphatic heterocycles. The molecular weight excluding hydrogens is 814 g/mol. The first kappa shape index (κ1) is 54.5. The number of allylic oxidation sites excluding steroid dienone is 1. The zero-order valence-electron chi connectivity index (χ0n) is 41.7. The van der Waals surface area contributed by atoms with E-state index >= 15 is 0 Å². The molecule has 3 fully saturated rings. The fourth-order valence-electron chi connectivity index (χ4n) is 13.0. The van der Waals surface area contributed by atoms with Gasteiger partial charge in [-0.2, -0.15) is 0 Å². The minimum atomic E-state index is -5.10. The Labute approximate surface area is 384 Å². The molecule has 0 aromatic rings. The topological polar surface area (TPSA) is 140 Å². The number of Topliss-reactive ketones (excluding diaryl/α,β-unsaturated/α-hetero) is 1. The molecule has 0 saturated heterocycles. The number of fused-ring (bicyclic) bond motifs is 5. The maximum atomic E-state index is 14.3. The Kier molecular flexibility index (Phi) is 21.4. The Morgan fingerprint density at radius 3 is 2.05 bits per heavy atom. The molecule has 0 aromatic carbocycles. The second-order valence-corrected chi connectivity index (χ2v) is 24.2. The average molecular weight is 909 g/mol. The Morgan fingerprint density at radius 1 is 0.857 bits per heavy atom. The Bertz CT molecular complexity index is 1500. The summed E-state index contributed by atoms with van der Waals surface area (Å²) in [6, 6.07) is 0. The number of likely N-dealkylation sites (N-methyl/N-ethyl adjacent to an activating group) is 1. The van der Waals surface area contributed by atoms with E-state index in [4.69, 9.17) is 13.8 Å². The fourth-order valence-corrected chi connectivity index (χ4v) is 14.0. The SMILES string of the molecule is CCCCCCCCCCCCCCCC(=O)C(OP(=O)(O)OCC[N+](C)(C)C)(C(=O)O)[C@H](CO)OC1CC[C@@]2(C)C(=CCC3C2CC[C@@]2(C)C3CC[C@@H]2[C@H](C)CCCC(C)C)C1. The van der Waals surface area contributed by atoms with Crippen molar-refractivity contribution in [2.24, 2.45) is 46.3 Å². The summed E-state index contributed by atoms with van der Waals surface area (Å²) in [6.45, 7) is 13.7. The van der Waals surface area contributed by atoms with Crippen molar-refractivity contribution in [1.82, 2.24) is 0 Å². The summed E-state index contributed by atoms with van der Waals surface area (Å²) in [6.07, 6.45) is 26.7. The van der Waals surface area contributed by atoms with Crippen LogP contribution < -0.4 is 0 Å². The van der Waals surface area contributed by atoms with E-state index in [0.717, 1.165) is 62.2 Å². The predicted octanol–water partition coefficient (Wildman–Crippen LogP) is 12.5. The number of carboxylic acid groups (broad SMARTS) is 1. The van der Waals surface area contributed by atoms with Crippen LogP contribution in [0.4, 0.5) is 0 Å². The average Bonchev–Trinajstić information content (AvgIpc) is 3.57. The van der Waals surface area contributed by atoms with Gasteiger partial charge >= 0.3 is 13.8 Å². The van der Waals surface area contributed by atoms with Crippen molar-refractivity contribution in [3.05, 3.63) is 11.6 Å². The number of ketones is 1. The summed E-state index contributed by atoms with van der Waals surface area (Å²) in [4.78, 5) is 38.7. The van der Waals surface area contributed by atoms with Crippen LogP contribution in [0.1, 0.15) is 202 Å². The number of phosphoric ester groups is 1. The first-order valence-corrected chi connectivity index (χ1v) is 27.4. The van der Waals surface area contributed by atoms with Crippen molar-refractivity contribution in [3.8, 4) is 0 Å². The van der Waals surface area contributed by atoms with Crippen molar-refractivity contribution < 1.29 is 47.5 Å². The smallest absolute Gasteiger partial charge is 0.474 e. The van der Waals surface area contributed by atoms with Gasteiger partial charge in [0.15, 0.2) is 5.78 Å². The highest BCUT2D eigenvalue weighted by Crippen LogP contribution is 2.67. The fraction of sp³-hybridized carbons (Fsp3) is 0.923. The van der Waals surface area contributed by atoms with E-state index in [1.165, 1.54) is 102 Å².